The van der Waals surface area contributed by atoms with Gasteiger partial charge in [-0.15, -0.1) is 0 Å². The summed E-state index contributed by atoms with van der Waals surface area (Å²) in [6.07, 6.45) is 5.24. The van der Waals surface area contributed by atoms with Crippen LogP contribution in [0.15, 0.2) is 36.4 Å². The molecule has 0 heteroatoms. The Hall–Kier alpha value is -1.56. The first-order chi connectivity index (χ1) is 10.5. The third-order valence-corrected chi connectivity index (χ3v) is 4.52. The molecule has 2 rings (SSSR count). The van der Waals surface area contributed by atoms with Gasteiger partial charge in [0, 0.05) is 0 Å². The molecule has 0 saturated heterocycles. The molecule has 0 amide bonds. The van der Waals surface area contributed by atoms with Crippen molar-refractivity contribution >= 4 is 0 Å². The van der Waals surface area contributed by atoms with E-state index in [0.717, 1.165) is 0 Å². The first kappa shape index (κ1) is 18.5. The predicted octanol–water partition coefficient (Wildman–Crippen LogP) is 6.65. The van der Waals surface area contributed by atoms with Gasteiger partial charge in [0.25, 0.3) is 0 Å². The molecule has 0 aromatic heterocycles. The smallest absolute Gasteiger partial charge is 0.0279 e. The minimum Gasteiger partial charge on any atom is -0.0654 e. The summed E-state index contributed by atoms with van der Waals surface area (Å²) < 4.78 is 0. The average molecular weight is 296 g/mol. The van der Waals surface area contributed by atoms with Crippen molar-refractivity contribution in [2.24, 2.45) is 0 Å². The van der Waals surface area contributed by atoms with E-state index in [2.05, 4.69) is 77.9 Å². The van der Waals surface area contributed by atoms with E-state index in [9.17, 15) is 0 Å². The van der Waals surface area contributed by atoms with Crippen molar-refractivity contribution in [3.8, 4) is 0 Å². The fourth-order valence-corrected chi connectivity index (χ4v) is 2.44. The van der Waals surface area contributed by atoms with E-state index in [0.29, 0.717) is 0 Å². The van der Waals surface area contributed by atoms with E-state index >= 15 is 0 Å². The van der Waals surface area contributed by atoms with Gasteiger partial charge in [-0.1, -0.05) is 56.2 Å². The number of hydrogen-bond acceptors (Lipinski definition) is 0. The second-order valence-electron chi connectivity index (χ2n) is 6.39. The highest BCUT2D eigenvalue weighted by Crippen LogP contribution is 2.12. The highest BCUT2D eigenvalue weighted by molar-refractivity contribution is 5.31. The molecule has 0 atom stereocenters. The molecule has 120 valence electrons. The van der Waals surface area contributed by atoms with Crippen molar-refractivity contribution < 1.29 is 0 Å². The van der Waals surface area contributed by atoms with Gasteiger partial charge in [0.1, 0.15) is 0 Å². The normalized spacial score (nSPS) is 10.1. The minimum absolute atomic E-state index is 1.25. The van der Waals surface area contributed by atoms with E-state index in [-0.39, 0.29) is 0 Å². The molecule has 0 aliphatic heterocycles. The van der Waals surface area contributed by atoms with Crippen LogP contribution in [0.1, 0.15) is 59.6 Å². The molecule has 0 nitrogen and oxygen atoms in total. The lowest BCUT2D eigenvalue weighted by Crippen LogP contribution is -1.88. The zero-order valence-corrected chi connectivity index (χ0v) is 15.3. The monoisotopic (exact) mass is 296 g/mol. The maximum Gasteiger partial charge on any atom is -0.0279 e. The second-order valence-corrected chi connectivity index (χ2v) is 6.39. The van der Waals surface area contributed by atoms with Gasteiger partial charge >= 0.3 is 0 Å². The highest BCUT2D eigenvalue weighted by Gasteiger charge is 1.96. The molecule has 0 radical (unpaired) electrons. The summed E-state index contributed by atoms with van der Waals surface area (Å²) in [6, 6.07) is 13.2. The lowest BCUT2D eigenvalue weighted by molar-refractivity contribution is 0.717. The molecule has 22 heavy (non-hydrogen) atoms. The van der Waals surface area contributed by atoms with Gasteiger partial charge in [0.15, 0.2) is 0 Å². The van der Waals surface area contributed by atoms with Crippen molar-refractivity contribution in [2.45, 2.75) is 67.2 Å². The van der Waals surface area contributed by atoms with Crippen molar-refractivity contribution in [1.29, 1.82) is 0 Å². The molecule has 0 unspecified atom stereocenters. The van der Waals surface area contributed by atoms with Gasteiger partial charge in [-0.3, -0.25) is 0 Å². The third kappa shape index (κ3) is 6.05. The van der Waals surface area contributed by atoms with Crippen molar-refractivity contribution in [3.63, 3.8) is 0 Å². The molecule has 0 heterocycles. The summed E-state index contributed by atoms with van der Waals surface area (Å²) in [5.74, 6) is 0. The minimum atomic E-state index is 1.25. The summed E-state index contributed by atoms with van der Waals surface area (Å²) in [4.78, 5) is 0. The van der Waals surface area contributed by atoms with Crippen molar-refractivity contribution in [1.82, 2.24) is 0 Å². The molecule has 0 spiro atoms. The Bertz CT molecular complexity index is 558. The van der Waals surface area contributed by atoms with Crippen LogP contribution >= 0.6 is 0 Å². The molecule has 0 bridgehead atoms. The maximum atomic E-state index is 2.32. The van der Waals surface area contributed by atoms with Crippen LogP contribution in [0.4, 0.5) is 0 Å². The topological polar surface area (TPSA) is 0 Å². The SMILES string of the molecule is CCCCCc1ccc(C)c(C)c1.Cc1cccc(C)c1C. The van der Waals surface area contributed by atoms with Crippen LogP contribution in [0.2, 0.25) is 0 Å². The summed E-state index contributed by atoms with van der Waals surface area (Å²) >= 11 is 0. The van der Waals surface area contributed by atoms with Gasteiger partial charge in [-0.2, -0.15) is 0 Å². The molecule has 2 aromatic rings. The van der Waals surface area contributed by atoms with Crippen LogP contribution in [0.25, 0.3) is 0 Å². The Morgan fingerprint density at radius 3 is 1.82 bits per heavy atom. The fourth-order valence-electron chi connectivity index (χ4n) is 2.44. The number of benzene rings is 2. The van der Waals surface area contributed by atoms with Crippen LogP contribution in [-0.2, 0) is 6.42 Å². The predicted molar refractivity (Wildman–Crippen MR) is 99.8 cm³/mol. The van der Waals surface area contributed by atoms with Gasteiger partial charge in [-0.25, -0.2) is 0 Å². The van der Waals surface area contributed by atoms with Gasteiger partial charge in [0.2, 0.25) is 0 Å². The quantitative estimate of drug-likeness (QED) is 0.554. The summed E-state index contributed by atoms with van der Waals surface area (Å²) in [7, 11) is 0. The second kappa shape index (κ2) is 9.46. The lowest BCUT2D eigenvalue weighted by atomic mass is 10.0. The Morgan fingerprint density at radius 2 is 1.32 bits per heavy atom. The summed E-state index contributed by atoms with van der Waals surface area (Å²) in [6.45, 7) is 13.1. The van der Waals surface area contributed by atoms with Gasteiger partial charge < -0.3 is 0 Å². The van der Waals surface area contributed by atoms with Gasteiger partial charge in [0.05, 0.1) is 0 Å². The molecule has 0 fully saturated rings. The fraction of sp³-hybridized carbons (Fsp3) is 0.455. The van der Waals surface area contributed by atoms with E-state index < -0.39 is 0 Å². The molecule has 0 aliphatic rings. The number of unbranched alkanes of at least 4 members (excludes halogenated alkanes) is 2. The number of hydrogen-bond donors (Lipinski definition) is 0. The summed E-state index contributed by atoms with van der Waals surface area (Å²) in [5.41, 5.74) is 8.51. The molecule has 0 N–H and O–H groups in total. The highest BCUT2D eigenvalue weighted by atomic mass is 14.0. The third-order valence-electron chi connectivity index (χ3n) is 4.52. The average Bonchev–Trinajstić information content (AvgIpc) is 2.49. The Labute approximate surface area is 137 Å². The van der Waals surface area contributed by atoms with Crippen LogP contribution in [0, 0.1) is 34.6 Å². The van der Waals surface area contributed by atoms with E-state index in [4.69, 9.17) is 0 Å². The van der Waals surface area contributed by atoms with Crippen molar-refractivity contribution in [2.75, 3.05) is 0 Å². The molecular weight excluding hydrogens is 264 g/mol. The molecule has 0 aliphatic carbocycles. The van der Waals surface area contributed by atoms with Crippen molar-refractivity contribution in [3.05, 3.63) is 69.8 Å². The first-order valence-corrected chi connectivity index (χ1v) is 8.54. The Morgan fingerprint density at radius 1 is 0.682 bits per heavy atom. The number of aryl methyl sites for hydroxylation is 5. The first-order valence-electron chi connectivity index (χ1n) is 8.54. The largest absolute Gasteiger partial charge is 0.0654 e. The van der Waals surface area contributed by atoms with Crippen LogP contribution in [0.5, 0.6) is 0 Å². The van der Waals surface area contributed by atoms with E-state index in [1.54, 1.807) is 0 Å². The van der Waals surface area contributed by atoms with Crippen LogP contribution in [0.3, 0.4) is 0 Å². The summed E-state index contributed by atoms with van der Waals surface area (Å²) in [5, 5.41) is 0. The zero-order valence-electron chi connectivity index (χ0n) is 15.3. The van der Waals surface area contributed by atoms with Crippen LogP contribution in [-0.4, -0.2) is 0 Å². The lowest BCUT2D eigenvalue weighted by Gasteiger charge is -2.04. The van der Waals surface area contributed by atoms with E-state index in [1.165, 1.54) is 59.1 Å². The zero-order chi connectivity index (χ0) is 16.5. The number of rotatable bonds is 4. The van der Waals surface area contributed by atoms with Crippen LogP contribution < -0.4 is 0 Å². The molecular formula is C22H32. The van der Waals surface area contributed by atoms with Gasteiger partial charge in [-0.05, 0) is 80.8 Å². The molecule has 2 aromatic carbocycles. The Balaban J connectivity index is 0.000000235. The van der Waals surface area contributed by atoms with E-state index in [1.807, 2.05) is 0 Å². The molecule has 0 saturated carbocycles. The maximum absolute atomic E-state index is 2.32. The Kier molecular flexibility index (Phi) is 7.95. The standard InChI is InChI=1S/C13H20.C9H12/c1-4-5-6-7-13-9-8-11(2)12(3)10-13;1-7-5-4-6-8(2)9(7)3/h8-10H,4-7H2,1-3H3;4-6H,1-3H3.